The van der Waals surface area contributed by atoms with Crippen LogP contribution in [0.5, 0.6) is 11.5 Å². The molecule has 3 aromatic carbocycles. The van der Waals surface area contributed by atoms with Crippen LogP contribution in [0.2, 0.25) is 0 Å². The number of aliphatic hydroxyl groups excluding tert-OH is 1. The summed E-state index contributed by atoms with van der Waals surface area (Å²) in [5.41, 5.74) is 2.13. The van der Waals surface area contributed by atoms with E-state index in [0.29, 0.717) is 33.8 Å². The van der Waals surface area contributed by atoms with Crippen molar-refractivity contribution in [3.8, 4) is 11.5 Å². The van der Waals surface area contributed by atoms with Crippen LogP contribution in [0.25, 0.3) is 6.08 Å². The Bertz CT molecular complexity index is 1690. The second-order valence-corrected chi connectivity index (χ2v) is 12.0. The lowest BCUT2D eigenvalue weighted by Crippen LogP contribution is -2.30. The molecule has 11 heteroatoms. The highest BCUT2D eigenvalue weighted by Crippen LogP contribution is 2.45. The molecule has 226 valence electrons. The zero-order valence-corrected chi connectivity index (χ0v) is 25.7. The molecule has 0 fully saturated rings. The zero-order valence-electron chi connectivity index (χ0n) is 24.1. The van der Waals surface area contributed by atoms with Crippen LogP contribution in [0.15, 0.2) is 94.5 Å². The van der Waals surface area contributed by atoms with E-state index in [9.17, 15) is 19.1 Å². The summed E-state index contributed by atoms with van der Waals surface area (Å²) in [4.78, 5) is 28.5. The van der Waals surface area contributed by atoms with Crippen molar-refractivity contribution in [1.82, 2.24) is 10.2 Å². The van der Waals surface area contributed by atoms with E-state index in [2.05, 4.69) is 17.1 Å². The van der Waals surface area contributed by atoms with E-state index < -0.39 is 23.5 Å². The Balaban J connectivity index is 1.49. The Labute approximate surface area is 262 Å². The van der Waals surface area contributed by atoms with Gasteiger partial charge in [0, 0.05) is 5.75 Å². The maximum absolute atomic E-state index is 13.6. The van der Waals surface area contributed by atoms with E-state index in [-0.39, 0.29) is 16.5 Å². The van der Waals surface area contributed by atoms with Crippen molar-refractivity contribution in [1.29, 1.82) is 0 Å². The minimum Gasteiger partial charge on any atom is -0.503 e. The van der Waals surface area contributed by atoms with Crippen molar-refractivity contribution in [2.45, 2.75) is 35.9 Å². The van der Waals surface area contributed by atoms with E-state index in [0.717, 1.165) is 35.3 Å². The van der Waals surface area contributed by atoms with Crippen molar-refractivity contribution in [3.63, 3.8) is 0 Å². The van der Waals surface area contributed by atoms with Crippen LogP contribution < -0.4 is 14.4 Å². The molecule has 5 rings (SSSR count). The van der Waals surface area contributed by atoms with E-state index in [4.69, 9.17) is 9.47 Å². The highest BCUT2D eigenvalue weighted by atomic mass is 32.2. The zero-order chi connectivity index (χ0) is 31.1. The molecular formula is C33H30FN3O5S2. The fourth-order valence-corrected chi connectivity index (χ4v) is 6.40. The van der Waals surface area contributed by atoms with Gasteiger partial charge in [-0.05, 0) is 53.5 Å². The molecule has 1 aliphatic rings. The maximum atomic E-state index is 13.6. The van der Waals surface area contributed by atoms with E-state index in [1.54, 1.807) is 36.4 Å². The first-order valence-electron chi connectivity index (χ1n) is 13.9. The Morgan fingerprint density at radius 1 is 1.09 bits per heavy atom. The Kier molecular flexibility index (Phi) is 10.1. The van der Waals surface area contributed by atoms with Crippen LogP contribution in [-0.4, -0.2) is 40.7 Å². The number of methoxy groups -OCH3 is 1. The third-order valence-electron chi connectivity index (χ3n) is 6.84. The molecule has 0 saturated heterocycles. The van der Waals surface area contributed by atoms with Gasteiger partial charge in [0.2, 0.25) is 5.13 Å². The highest BCUT2D eigenvalue weighted by Gasteiger charge is 2.45. The first-order valence-corrected chi connectivity index (χ1v) is 15.8. The predicted octanol–water partition coefficient (Wildman–Crippen LogP) is 7.34. The number of carbonyl (C=O) groups excluding carboxylic acids is 2. The number of ketones is 1. The normalized spacial score (nSPS) is 14.9. The quantitative estimate of drug-likeness (QED) is 0.0708. The van der Waals surface area contributed by atoms with Crippen molar-refractivity contribution in [3.05, 3.63) is 113 Å². The van der Waals surface area contributed by atoms with Gasteiger partial charge in [-0.2, -0.15) is 0 Å². The summed E-state index contributed by atoms with van der Waals surface area (Å²) >= 11 is 2.54. The van der Waals surface area contributed by atoms with Gasteiger partial charge in [-0.15, -0.1) is 10.2 Å². The maximum Gasteiger partial charge on any atom is 0.296 e. The number of halogens is 1. The average Bonchev–Trinajstić information content (AvgIpc) is 3.62. The molecule has 0 radical (unpaired) electrons. The number of hydrogen-bond donors (Lipinski definition) is 1. The third-order valence-corrected chi connectivity index (χ3v) is 8.96. The molecule has 44 heavy (non-hydrogen) atoms. The summed E-state index contributed by atoms with van der Waals surface area (Å²) in [7, 11) is 1.51. The average molecular weight is 632 g/mol. The van der Waals surface area contributed by atoms with Crippen LogP contribution in [-0.2, 0) is 15.3 Å². The lowest BCUT2D eigenvalue weighted by Gasteiger charge is -2.24. The Morgan fingerprint density at radius 3 is 2.59 bits per heavy atom. The molecule has 1 N–H and O–H groups in total. The number of unbranched alkanes of at least 4 members (excludes halogenated alkanes) is 1. The molecule has 8 nitrogen and oxygen atoms in total. The first-order chi connectivity index (χ1) is 21.4. The third kappa shape index (κ3) is 7.00. The van der Waals surface area contributed by atoms with Crippen LogP contribution in [0.1, 0.15) is 42.5 Å². The van der Waals surface area contributed by atoms with Crippen molar-refractivity contribution >= 4 is 46.0 Å². The van der Waals surface area contributed by atoms with Crippen LogP contribution in [0.4, 0.5) is 9.52 Å². The van der Waals surface area contributed by atoms with Gasteiger partial charge in [0.1, 0.15) is 5.82 Å². The number of benzene rings is 3. The van der Waals surface area contributed by atoms with Crippen molar-refractivity contribution < 1.29 is 28.6 Å². The van der Waals surface area contributed by atoms with Gasteiger partial charge in [-0.3, -0.25) is 14.5 Å². The number of anilines is 1. The van der Waals surface area contributed by atoms with Crippen LogP contribution in [0.3, 0.4) is 0 Å². The van der Waals surface area contributed by atoms with Crippen LogP contribution >= 0.6 is 23.1 Å². The summed E-state index contributed by atoms with van der Waals surface area (Å²) in [5.74, 6) is -0.789. The van der Waals surface area contributed by atoms with E-state index in [1.165, 1.54) is 42.0 Å². The molecule has 1 aliphatic heterocycles. The molecule has 1 amide bonds. The molecule has 0 spiro atoms. The summed E-state index contributed by atoms with van der Waals surface area (Å²) in [6, 6.07) is 19.6. The lowest BCUT2D eigenvalue weighted by molar-refractivity contribution is -0.117. The number of rotatable bonds is 13. The number of hydrogen-bond acceptors (Lipinski definition) is 9. The topological polar surface area (TPSA) is 102 Å². The lowest BCUT2D eigenvalue weighted by atomic mass is 9.95. The van der Waals surface area contributed by atoms with E-state index in [1.807, 2.05) is 30.3 Å². The van der Waals surface area contributed by atoms with Gasteiger partial charge in [0.05, 0.1) is 25.3 Å². The molecule has 0 bridgehead atoms. The second kappa shape index (κ2) is 14.3. The van der Waals surface area contributed by atoms with Crippen molar-refractivity contribution in [2.75, 3.05) is 18.6 Å². The number of carbonyl (C=O) groups is 2. The smallest absolute Gasteiger partial charge is 0.296 e. The summed E-state index contributed by atoms with van der Waals surface area (Å²) < 4.78 is 25.4. The number of allylic oxidation sites excluding steroid dienone is 1. The fourth-order valence-electron chi connectivity index (χ4n) is 4.58. The minimum absolute atomic E-state index is 0.0837. The minimum atomic E-state index is -1.00. The second-order valence-electron chi connectivity index (χ2n) is 9.83. The molecule has 0 saturated carbocycles. The monoisotopic (exact) mass is 631 g/mol. The number of aromatic nitrogens is 2. The molecule has 0 aliphatic carbocycles. The summed E-state index contributed by atoms with van der Waals surface area (Å²) in [5, 5.41) is 19.8. The molecule has 4 aromatic rings. The summed E-state index contributed by atoms with van der Waals surface area (Å²) in [6.07, 6.45) is 4.82. The SMILES string of the molecule is CCCCOc1ccc(C2C(C(=O)/C=C/c3ccccc3)=C(O)C(=O)N2c2nnc(SCc3ccc(F)cc3)s2)cc1OC. The molecule has 1 aromatic heterocycles. The molecule has 1 atom stereocenters. The number of nitrogens with zero attached hydrogens (tertiary/aromatic N) is 3. The van der Waals surface area contributed by atoms with Gasteiger partial charge in [0.15, 0.2) is 27.4 Å². The standard InChI is InChI=1S/C33H30FN3O5S2/c1-3-4-18-42-26-17-13-23(19-27(26)41-2)29-28(25(38)16-12-21-8-6-5-7-9-21)30(39)31(40)37(29)32-35-36-33(44-32)43-20-22-10-14-24(34)15-11-22/h5-17,19,29,39H,3-4,18,20H2,1-2H3/b16-12+. The van der Waals surface area contributed by atoms with Gasteiger partial charge in [-0.25, -0.2) is 4.39 Å². The Hall–Kier alpha value is -4.48. The number of ether oxygens (including phenoxy) is 2. The van der Waals surface area contributed by atoms with Gasteiger partial charge >= 0.3 is 0 Å². The summed E-state index contributed by atoms with van der Waals surface area (Å²) in [6.45, 7) is 2.58. The van der Waals surface area contributed by atoms with E-state index >= 15 is 0 Å². The number of amides is 1. The molecular weight excluding hydrogens is 602 g/mol. The fraction of sp³-hybridized carbons (Fsp3) is 0.212. The van der Waals surface area contributed by atoms with Gasteiger partial charge in [-0.1, -0.05) is 91.1 Å². The number of thioether (sulfide) groups is 1. The van der Waals surface area contributed by atoms with Crippen molar-refractivity contribution in [2.24, 2.45) is 0 Å². The largest absolute Gasteiger partial charge is 0.503 e. The number of aliphatic hydroxyl groups is 1. The highest BCUT2D eigenvalue weighted by molar-refractivity contribution is 8.00. The van der Waals surface area contributed by atoms with Crippen LogP contribution in [0, 0.1) is 5.82 Å². The molecule has 2 heterocycles. The van der Waals surface area contributed by atoms with Gasteiger partial charge in [0.25, 0.3) is 5.91 Å². The molecule has 1 unspecified atom stereocenters. The van der Waals surface area contributed by atoms with Gasteiger partial charge < -0.3 is 14.6 Å². The predicted molar refractivity (Wildman–Crippen MR) is 170 cm³/mol. The Morgan fingerprint density at radius 2 is 1.86 bits per heavy atom. The first kappa shape index (κ1) is 31.0.